The number of carbonyl (C=O) groups is 2. The number of pyridine rings is 1. The Morgan fingerprint density at radius 3 is 2.43 bits per heavy atom. The average molecular weight is 408 g/mol. The molecule has 0 N–H and O–H groups in total. The number of unbranched alkanes of at least 4 members (excludes halogenated alkanes) is 1. The van der Waals surface area contributed by atoms with Gasteiger partial charge in [-0.1, -0.05) is 31.5 Å². The molecule has 0 radical (unpaired) electrons. The molecule has 1 aromatic carbocycles. The van der Waals surface area contributed by atoms with E-state index in [1.165, 1.54) is 4.90 Å². The van der Waals surface area contributed by atoms with E-state index in [1.807, 2.05) is 55.1 Å². The Morgan fingerprint density at radius 1 is 1.03 bits per heavy atom. The molecule has 6 nitrogen and oxygen atoms in total. The maximum Gasteiger partial charge on any atom is 0.277 e. The monoisotopic (exact) mass is 407 g/mol. The van der Waals surface area contributed by atoms with E-state index in [2.05, 4.69) is 4.98 Å². The molecule has 0 saturated carbocycles. The molecule has 0 saturated heterocycles. The maximum atomic E-state index is 13.4. The highest BCUT2D eigenvalue weighted by atomic mass is 16.5. The van der Waals surface area contributed by atoms with E-state index in [4.69, 9.17) is 4.74 Å². The second kappa shape index (κ2) is 10.1. The van der Waals surface area contributed by atoms with E-state index in [-0.39, 0.29) is 11.8 Å². The van der Waals surface area contributed by atoms with Gasteiger partial charge in [0.2, 0.25) is 0 Å². The predicted octanol–water partition coefficient (Wildman–Crippen LogP) is 3.53. The van der Waals surface area contributed by atoms with Crippen molar-refractivity contribution in [1.29, 1.82) is 0 Å². The minimum absolute atomic E-state index is 0.217. The van der Waals surface area contributed by atoms with E-state index in [0.717, 1.165) is 24.8 Å². The summed E-state index contributed by atoms with van der Waals surface area (Å²) in [5.74, 6) is 0.134. The minimum Gasteiger partial charge on any atom is -0.496 e. The fourth-order valence-electron chi connectivity index (χ4n) is 3.71. The van der Waals surface area contributed by atoms with Crippen LogP contribution in [0.1, 0.15) is 37.8 Å². The SMILES string of the molecule is CCCCN1C(=O)C(c2ccccc2OC)=C(N(CC)CCc2ccncc2)C1=O. The second-order valence-electron chi connectivity index (χ2n) is 7.22. The maximum absolute atomic E-state index is 13.4. The zero-order valence-corrected chi connectivity index (χ0v) is 17.9. The van der Waals surface area contributed by atoms with Gasteiger partial charge in [0.25, 0.3) is 11.8 Å². The Hall–Kier alpha value is -3.15. The van der Waals surface area contributed by atoms with Crippen LogP contribution in [0.4, 0.5) is 0 Å². The number of aromatic nitrogens is 1. The Labute approximate surface area is 178 Å². The van der Waals surface area contributed by atoms with Gasteiger partial charge in [-0.15, -0.1) is 0 Å². The zero-order chi connectivity index (χ0) is 21.5. The molecule has 0 aliphatic carbocycles. The molecule has 1 aliphatic heterocycles. The Balaban J connectivity index is 2.02. The number of rotatable bonds is 10. The van der Waals surface area contributed by atoms with Gasteiger partial charge in [0.15, 0.2) is 0 Å². The van der Waals surface area contributed by atoms with Crippen molar-refractivity contribution in [3.63, 3.8) is 0 Å². The summed E-state index contributed by atoms with van der Waals surface area (Å²) in [6.45, 7) is 5.74. The lowest BCUT2D eigenvalue weighted by Gasteiger charge is -2.25. The molecule has 1 aliphatic rings. The molecule has 0 bridgehead atoms. The number of hydrogen-bond acceptors (Lipinski definition) is 5. The van der Waals surface area contributed by atoms with Gasteiger partial charge in [-0.3, -0.25) is 19.5 Å². The lowest BCUT2D eigenvalue weighted by molar-refractivity contribution is -0.137. The second-order valence-corrected chi connectivity index (χ2v) is 7.22. The molecule has 6 heteroatoms. The summed E-state index contributed by atoms with van der Waals surface area (Å²) in [6, 6.07) is 11.3. The van der Waals surface area contributed by atoms with Crippen molar-refractivity contribution in [3.05, 3.63) is 65.6 Å². The van der Waals surface area contributed by atoms with Crippen LogP contribution in [0.5, 0.6) is 5.75 Å². The molecular weight excluding hydrogens is 378 g/mol. The van der Waals surface area contributed by atoms with Crippen LogP contribution in [0.25, 0.3) is 5.57 Å². The quantitative estimate of drug-likeness (QED) is 0.564. The Morgan fingerprint density at radius 2 is 1.77 bits per heavy atom. The first-order valence-corrected chi connectivity index (χ1v) is 10.5. The van der Waals surface area contributed by atoms with E-state index < -0.39 is 0 Å². The van der Waals surface area contributed by atoms with Crippen LogP contribution in [0.15, 0.2) is 54.5 Å². The summed E-state index contributed by atoms with van der Waals surface area (Å²) in [5, 5.41) is 0. The van der Waals surface area contributed by atoms with E-state index >= 15 is 0 Å². The summed E-state index contributed by atoms with van der Waals surface area (Å²) < 4.78 is 5.51. The van der Waals surface area contributed by atoms with Crippen molar-refractivity contribution in [3.8, 4) is 5.75 Å². The highest BCUT2D eigenvalue weighted by Gasteiger charge is 2.41. The van der Waals surface area contributed by atoms with Crippen LogP contribution in [0, 0.1) is 0 Å². The van der Waals surface area contributed by atoms with Crippen LogP contribution < -0.4 is 4.74 Å². The normalized spacial score (nSPS) is 13.9. The van der Waals surface area contributed by atoms with E-state index in [0.29, 0.717) is 42.2 Å². The lowest BCUT2D eigenvalue weighted by Crippen LogP contribution is -2.36. The molecule has 30 heavy (non-hydrogen) atoms. The van der Waals surface area contributed by atoms with Gasteiger partial charge in [0.05, 0.1) is 12.7 Å². The number of carbonyl (C=O) groups excluding carboxylic acids is 2. The molecule has 0 spiro atoms. The molecule has 0 fully saturated rings. The van der Waals surface area contributed by atoms with E-state index in [1.54, 1.807) is 19.5 Å². The van der Waals surface area contributed by atoms with Gasteiger partial charge < -0.3 is 9.64 Å². The fraction of sp³-hybridized carbons (Fsp3) is 0.375. The number of benzene rings is 1. The number of para-hydroxylation sites is 1. The predicted molar refractivity (Wildman–Crippen MR) is 117 cm³/mol. The Bertz CT molecular complexity index is 924. The lowest BCUT2D eigenvalue weighted by atomic mass is 10.0. The summed E-state index contributed by atoms with van der Waals surface area (Å²) >= 11 is 0. The largest absolute Gasteiger partial charge is 0.496 e. The van der Waals surface area contributed by atoms with Crippen molar-refractivity contribution in [2.75, 3.05) is 26.7 Å². The topological polar surface area (TPSA) is 62.7 Å². The highest BCUT2D eigenvalue weighted by Crippen LogP contribution is 2.36. The van der Waals surface area contributed by atoms with Crippen molar-refractivity contribution >= 4 is 17.4 Å². The van der Waals surface area contributed by atoms with Crippen LogP contribution in [0.2, 0.25) is 0 Å². The van der Waals surface area contributed by atoms with Crippen LogP contribution in [0.3, 0.4) is 0 Å². The standard InChI is InChI=1S/C24H29N3O3/c1-4-6-16-27-23(28)21(19-9-7-8-10-20(19)30-3)22(24(27)29)26(5-2)17-13-18-11-14-25-15-12-18/h7-12,14-15H,4-6,13,16-17H2,1-3H3. The van der Waals surface area contributed by atoms with Gasteiger partial charge in [-0.05, 0) is 43.5 Å². The Kier molecular flexibility index (Phi) is 7.22. The van der Waals surface area contributed by atoms with Crippen LogP contribution in [-0.2, 0) is 16.0 Å². The van der Waals surface area contributed by atoms with Crippen molar-refractivity contribution in [2.45, 2.75) is 33.1 Å². The molecule has 2 amide bonds. The molecule has 158 valence electrons. The van der Waals surface area contributed by atoms with Crippen molar-refractivity contribution in [2.24, 2.45) is 0 Å². The van der Waals surface area contributed by atoms with Gasteiger partial charge in [-0.2, -0.15) is 0 Å². The van der Waals surface area contributed by atoms with Gasteiger partial charge in [-0.25, -0.2) is 0 Å². The zero-order valence-electron chi connectivity index (χ0n) is 17.9. The first-order valence-electron chi connectivity index (χ1n) is 10.5. The van der Waals surface area contributed by atoms with Gasteiger partial charge in [0, 0.05) is 37.6 Å². The van der Waals surface area contributed by atoms with Crippen LogP contribution >= 0.6 is 0 Å². The number of ether oxygens (including phenoxy) is 1. The smallest absolute Gasteiger partial charge is 0.277 e. The molecule has 1 aromatic heterocycles. The number of methoxy groups -OCH3 is 1. The number of nitrogens with zero attached hydrogens (tertiary/aromatic N) is 3. The van der Waals surface area contributed by atoms with E-state index in [9.17, 15) is 9.59 Å². The summed E-state index contributed by atoms with van der Waals surface area (Å²) in [4.78, 5) is 34.2. The molecule has 2 aromatic rings. The first-order chi connectivity index (χ1) is 14.6. The average Bonchev–Trinajstić information content (AvgIpc) is 3.03. The molecular formula is C24H29N3O3. The first kappa shape index (κ1) is 21.6. The van der Waals surface area contributed by atoms with Gasteiger partial charge >= 0.3 is 0 Å². The molecule has 3 rings (SSSR count). The summed E-state index contributed by atoms with van der Waals surface area (Å²) in [5.41, 5.74) is 2.71. The number of hydrogen-bond donors (Lipinski definition) is 0. The molecule has 0 unspecified atom stereocenters. The number of amides is 2. The van der Waals surface area contributed by atoms with Gasteiger partial charge in [0.1, 0.15) is 11.4 Å². The van der Waals surface area contributed by atoms with Crippen molar-refractivity contribution < 1.29 is 14.3 Å². The van der Waals surface area contributed by atoms with Crippen LogP contribution in [-0.4, -0.2) is 53.3 Å². The molecule has 0 atom stereocenters. The number of likely N-dealkylation sites (N-methyl/N-ethyl adjacent to an activating group) is 1. The number of imide groups is 1. The summed E-state index contributed by atoms with van der Waals surface area (Å²) in [7, 11) is 1.58. The summed E-state index contributed by atoms with van der Waals surface area (Å²) in [6.07, 6.45) is 5.99. The fourth-order valence-corrected chi connectivity index (χ4v) is 3.71. The minimum atomic E-state index is -0.240. The third kappa shape index (κ3) is 4.37. The van der Waals surface area contributed by atoms with Crippen molar-refractivity contribution in [1.82, 2.24) is 14.8 Å². The third-order valence-electron chi connectivity index (χ3n) is 5.37. The molecule has 2 heterocycles. The highest BCUT2D eigenvalue weighted by molar-refractivity contribution is 6.36. The third-order valence-corrected chi connectivity index (χ3v) is 5.37.